The number of carbonyl (C=O) groups excluding carboxylic acids is 1. The van der Waals surface area contributed by atoms with Crippen LogP contribution in [0.3, 0.4) is 0 Å². The van der Waals surface area contributed by atoms with Gasteiger partial charge < -0.3 is 9.47 Å². The smallest absolute Gasteiger partial charge is 0.275 e. The summed E-state index contributed by atoms with van der Waals surface area (Å²) in [7, 11) is 1.48. The Hall–Kier alpha value is -4.15. The molecule has 1 N–H and O–H groups in total. The molecule has 0 unspecified atom stereocenters. The number of aryl methyl sites for hydroxylation is 1. The molecule has 0 aliphatic rings. The van der Waals surface area contributed by atoms with E-state index in [0.717, 1.165) is 10.0 Å². The van der Waals surface area contributed by atoms with Crippen molar-refractivity contribution in [3.05, 3.63) is 61.5 Å². The number of carbonyl (C=O) groups is 1. The van der Waals surface area contributed by atoms with Crippen LogP contribution in [0.15, 0.2) is 34.6 Å². The summed E-state index contributed by atoms with van der Waals surface area (Å²) in [5.41, 5.74) is 0.642. The molecule has 13 heteroatoms. The Morgan fingerprint density at radius 2 is 2.05 bits per heavy atom. The Labute approximate surface area is 220 Å². The van der Waals surface area contributed by atoms with Gasteiger partial charge in [-0.1, -0.05) is 49.5 Å². The highest BCUT2D eigenvalue weighted by atomic mass is 32.1. The van der Waals surface area contributed by atoms with Crippen LogP contribution in [-0.4, -0.2) is 37.8 Å². The van der Waals surface area contributed by atoms with Gasteiger partial charge in [0.1, 0.15) is 28.3 Å². The van der Waals surface area contributed by atoms with Gasteiger partial charge >= 0.3 is 0 Å². The molecule has 0 aliphatic carbocycles. The molecule has 1 amide bonds. The van der Waals surface area contributed by atoms with Gasteiger partial charge in [0.25, 0.3) is 11.5 Å². The number of hydrogen-bond donors (Lipinski definition) is 1. The summed E-state index contributed by atoms with van der Waals surface area (Å²) in [5, 5.41) is 26.3. The first-order valence-corrected chi connectivity index (χ1v) is 12.9. The molecular formula is C24H23N7O4S2. The van der Waals surface area contributed by atoms with E-state index in [9.17, 15) is 14.9 Å². The van der Waals surface area contributed by atoms with Crippen molar-refractivity contribution in [2.24, 2.45) is 0 Å². The second-order valence-corrected chi connectivity index (χ2v) is 10.1. The lowest BCUT2D eigenvalue weighted by atomic mass is 10.1. The molecule has 0 saturated heterocycles. The van der Waals surface area contributed by atoms with Gasteiger partial charge in [0.2, 0.25) is 10.1 Å². The number of methoxy groups -OCH3 is 1. The van der Waals surface area contributed by atoms with Gasteiger partial charge in [-0.05, 0) is 30.2 Å². The first kappa shape index (κ1) is 25.9. The Morgan fingerprint density at radius 1 is 1.24 bits per heavy atom. The molecule has 11 nitrogen and oxygen atoms in total. The standard InChI is InChI=1S/C24H23N7O4S2/c1-5-19-30-31-20(32)10-16(26-24(31)36-19)12-35-17-7-6-14(9-18(17)34-4)8-15(11-25)21(33)27-23-29-28-22(37-23)13(2)3/h6-10,13H,5,12H2,1-4H3,(H,27,29,33)/b15-8-. The zero-order valence-corrected chi connectivity index (χ0v) is 22.1. The molecule has 0 aliphatic heterocycles. The molecule has 0 atom stereocenters. The minimum atomic E-state index is -0.588. The van der Waals surface area contributed by atoms with E-state index >= 15 is 0 Å². The third-order valence-corrected chi connectivity index (χ3v) is 7.23. The minimum absolute atomic E-state index is 0.0444. The summed E-state index contributed by atoms with van der Waals surface area (Å²) < 4.78 is 12.6. The van der Waals surface area contributed by atoms with E-state index in [0.29, 0.717) is 39.3 Å². The highest BCUT2D eigenvalue weighted by Crippen LogP contribution is 2.30. The van der Waals surface area contributed by atoms with Gasteiger partial charge in [0.15, 0.2) is 11.5 Å². The molecule has 0 fully saturated rings. The number of anilines is 1. The zero-order chi connectivity index (χ0) is 26.5. The fraction of sp³-hybridized carbons (Fsp3) is 0.292. The maximum atomic E-state index is 12.6. The molecule has 0 spiro atoms. The summed E-state index contributed by atoms with van der Waals surface area (Å²) in [5.74, 6) is 0.401. The number of nitriles is 1. The van der Waals surface area contributed by atoms with E-state index in [4.69, 9.17) is 9.47 Å². The fourth-order valence-corrected chi connectivity index (χ4v) is 4.75. The van der Waals surface area contributed by atoms with Crippen LogP contribution in [0.4, 0.5) is 5.13 Å². The number of fused-ring (bicyclic) bond motifs is 1. The molecule has 4 aromatic rings. The van der Waals surface area contributed by atoms with E-state index in [2.05, 4.69) is 25.6 Å². The van der Waals surface area contributed by atoms with Gasteiger partial charge in [-0.15, -0.1) is 10.2 Å². The van der Waals surface area contributed by atoms with Gasteiger partial charge in [-0.25, -0.2) is 4.98 Å². The molecule has 0 radical (unpaired) electrons. The number of rotatable bonds is 9. The largest absolute Gasteiger partial charge is 0.493 e. The molecule has 3 aromatic heterocycles. The van der Waals surface area contributed by atoms with E-state index in [1.807, 2.05) is 26.8 Å². The Balaban J connectivity index is 1.49. The highest BCUT2D eigenvalue weighted by molar-refractivity contribution is 7.16. The summed E-state index contributed by atoms with van der Waals surface area (Å²) in [6, 6.07) is 8.29. The number of benzene rings is 1. The molecule has 37 heavy (non-hydrogen) atoms. The Bertz CT molecular complexity index is 1580. The quantitative estimate of drug-likeness (QED) is 0.249. The fourth-order valence-electron chi connectivity index (χ4n) is 3.16. The van der Waals surface area contributed by atoms with Crippen LogP contribution >= 0.6 is 22.7 Å². The average molecular weight is 538 g/mol. The second kappa shape index (κ2) is 11.3. The maximum absolute atomic E-state index is 12.6. The molecule has 0 saturated carbocycles. The predicted octanol–water partition coefficient (Wildman–Crippen LogP) is 3.82. The van der Waals surface area contributed by atoms with Crippen LogP contribution in [-0.2, 0) is 17.8 Å². The highest BCUT2D eigenvalue weighted by Gasteiger charge is 2.15. The van der Waals surface area contributed by atoms with Crippen molar-refractivity contribution in [2.45, 2.75) is 39.7 Å². The third-order valence-electron chi connectivity index (χ3n) is 5.04. The number of nitrogens with one attached hydrogen (secondary N) is 1. The molecule has 3 heterocycles. The normalized spacial score (nSPS) is 11.5. The molecule has 1 aromatic carbocycles. The average Bonchev–Trinajstić information content (AvgIpc) is 3.53. The van der Waals surface area contributed by atoms with Crippen molar-refractivity contribution in [1.82, 2.24) is 24.8 Å². The number of ether oxygens (including phenoxy) is 2. The van der Waals surface area contributed by atoms with Gasteiger partial charge in [-0.2, -0.15) is 14.9 Å². The number of hydrogen-bond acceptors (Lipinski definition) is 11. The van der Waals surface area contributed by atoms with E-state index in [1.165, 1.54) is 46.4 Å². The van der Waals surface area contributed by atoms with E-state index in [-0.39, 0.29) is 23.7 Å². The van der Waals surface area contributed by atoms with Crippen molar-refractivity contribution in [3.63, 3.8) is 0 Å². The van der Waals surface area contributed by atoms with Crippen molar-refractivity contribution in [2.75, 3.05) is 12.4 Å². The summed E-state index contributed by atoms with van der Waals surface area (Å²) in [6.45, 7) is 5.96. The van der Waals surface area contributed by atoms with Crippen LogP contribution in [0.2, 0.25) is 0 Å². The van der Waals surface area contributed by atoms with Crippen molar-refractivity contribution < 1.29 is 14.3 Å². The van der Waals surface area contributed by atoms with Gasteiger partial charge in [0.05, 0.1) is 12.8 Å². The van der Waals surface area contributed by atoms with Crippen LogP contribution in [0.1, 0.15) is 48.0 Å². The number of nitrogens with zero attached hydrogens (tertiary/aromatic N) is 6. The van der Waals surface area contributed by atoms with E-state index in [1.54, 1.807) is 18.2 Å². The molecule has 4 rings (SSSR count). The van der Waals surface area contributed by atoms with Crippen molar-refractivity contribution >= 4 is 44.7 Å². The third kappa shape index (κ3) is 5.99. The lowest BCUT2D eigenvalue weighted by molar-refractivity contribution is -0.112. The van der Waals surface area contributed by atoms with Crippen molar-refractivity contribution in [1.29, 1.82) is 5.26 Å². The van der Waals surface area contributed by atoms with Gasteiger partial charge in [-0.3, -0.25) is 14.9 Å². The molecule has 190 valence electrons. The predicted molar refractivity (Wildman–Crippen MR) is 140 cm³/mol. The number of aromatic nitrogens is 5. The van der Waals surface area contributed by atoms with Crippen LogP contribution in [0, 0.1) is 11.3 Å². The Morgan fingerprint density at radius 3 is 2.73 bits per heavy atom. The first-order valence-electron chi connectivity index (χ1n) is 11.3. The lowest BCUT2D eigenvalue weighted by Gasteiger charge is -2.11. The van der Waals surface area contributed by atoms with Gasteiger partial charge in [0, 0.05) is 12.0 Å². The molecular weight excluding hydrogens is 514 g/mol. The van der Waals surface area contributed by atoms with E-state index < -0.39 is 5.91 Å². The second-order valence-electron chi connectivity index (χ2n) is 8.05. The number of amides is 1. The lowest BCUT2D eigenvalue weighted by Crippen LogP contribution is -2.16. The summed E-state index contributed by atoms with van der Waals surface area (Å²) >= 11 is 2.62. The van der Waals surface area contributed by atoms with Crippen LogP contribution in [0.25, 0.3) is 11.0 Å². The summed E-state index contributed by atoms with van der Waals surface area (Å²) in [4.78, 5) is 29.9. The van der Waals surface area contributed by atoms with Crippen LogP contribution < -0.4 is 20.3 Å². The first-order chi connectivity index (χ1) is 17.8. The van der Waals surface area contributed by atoms with Crippen LogP contribution in [0.5, 0.6) is 11.5 Å². The minimum Gasteiger partial charge on any atom is -0.493 e. The maximum Gasteiger partial charge on any atom is 0.275 e. The van der Waals surface area contributed by atoms with Crippen molar-refractivity contribution in [3.8, 4) is 17.6 Å². The zero-order valence-electron chi connectivity index (χ0n) is 20.5. The molecule has 0 bridgehead atoms. The monoisotopic (exact) mass is 537 g/mol. The topological polar surface area (TPSA) is 144 Å². The SMILES string of the molecule is CCc1nn2c(=O)cc(COc3ccc(/C=C(/C#N)C(=O)Nc4nnc(C(C)C)s4)cc3OC)nc2s1. The Kier molecular flexibility index (Phi) is 7.90. The summed E-state index contributed by atoms with van der Waals surface area (Å²) in [6.07, 6.45) is 2.16.